The van der Waals surface area contributed by atoms with E-state index in [0.29, 0.717) is 17.0 Å². The van der Waals surface area contributed by atoms with Crippen molar-refractivity contribution in [3.63, 3.8) is 0 Å². The van der Waals surface area contributed by atoms with Gasteiger partial charge in [0.25, 0.3) is 5.89 Å². The molecule has 90 valence electrons. The van der Waals surface area contributed by atoms with Crippen LogP contribution in [0.25, 0.3) is 11.4 Å². The molecule has 1 aromatic carbocycles. The maximum Gasteiger partial charge on any atom is 0.257 e. The Bertz CT molecular complexity index is 527. The Morgan fingerprint density at radius 3 is 2.94 bits per heavy atom. The van der Waals surface area contributed by atoms with E-state index in [2.05, 4.69) is 10.1 Å². The lowest BCUT2D eigenvalue weighted by Crippen LogP contribution is -2.11. The number of nitrogens with two attached hydrogens (primary N) is 1. The molecule has 0 aliphatic heterocycles. The molecule has 17 heavy (non-hydrogen) atoms. The summed E-state index contributed by atoms with van der Waals surface area (Å²) in [5.41, 5.74) is 6.39. The molecule has 2 aromatic rings. The van der Waals surface area contributed by atoms with E-state index in [1.807, 2.05) is 0 Å². The maximum absolute atomic E-state index is 13.1. The number of benzene rings is 1. The van der Waals surface area contributed by atoms with Crippen LogP contribution in [-0.2, 0) is 0 Å². The second-order valence-corrected chi connectivity index (χ2v) is 3.67. The average Bonchev–Trinajstić information content (AvgIpc) is 2.81. The zero-order valence-electron chi connectivity index (χ0n) is 9.22. The summed E-state index contributed by atoms with van der Waals surface area (Å²) in [6.07, 6.45) is -0.974. The highest BCUT2D eigenvalue weighted by Gasteiger charge is 2.15. The number of aliphatic hydroxyl groups excluding tert-OH is 1. The fraction of sp³-hybridized carbons (Fsp3) is 0.273. The normalized spacial score (nSPS) is 12.7. The average molecular weight is 237 g/mol. The molecule has 0 amide bonds. The van der Waals surface area contributed by atoms with Crippen molar-refractivity contribution in [2.45, 2.75) is 13.0 Å². The third-order valence-corrected chi connectivity index (χ3v) is 2.37. The van der Waals surface area contributed by atoms with E-state index in [1.165, 1.54) is 6.07 Å². The summed E-state index contributed by atoms with van der Waals surface area (Å²) in [5, 5.41) is 13.1. The summed E-state index contributed by atoms with van der Waals surface area (Å²) in [6, 6.07) is 4.49. The van der Waals surface area contributed by atoms with Crippen LogP contribution >= 0.6 is 0 Å². The molecule has 6 heteroatoms. The minimum absolute atomic E-state index is 0.00405. The van der Waals surface area contributed by atoms with Crippen LogP contribution < -0.4 is 5.73 Å². The molecule has 0 unspecified atom stereocenters. The summed E-state index contributed by atoms with van der Waals surface area (Å²) in [5.74, 6) is 0.0690. The van der Waals surface area contributed by atoms with Gasteiger partial charge >= 0.3 is 0 Å². The van der Waals surface area contributed by atoms with Crippen molar-refractivity contribution in [2.24, 2.45) is 5.73 Å². The van der Waals surface area contributed by atoms with Gasteiger partial charge in [0.1, 0.15) is 11.9 Å². The predicted octanol–water partition coefficient (Wildman–Crippen LogP) is 1.18. The van der Waals surface area contributed by atoms with Crippen LogP contribution in [0.1, 0.15) is 17.6 Å². The predicted molar refractivity (Wildman–Crippen MR) is 58.4 cm³/mol. The molecule has 0 saturated carbocycles. The number of nitrogens with zero attached hydrogens (tertiary/aromatic N) is 2. The van der Waals surface area contributed by atoms with Crippen molar-refractivity contribution < 1.29 is 14.0 Å². The topological polar surface area (TPSA) is 85.2 Å². The lowest BCUT2D eigenvalue weighted by Gasteiger charge is -1.99. The minimum atomic E-state index is -0.974. The van der Waals surface area contributed by atoms with E-state index >= 15 is 0 Å². The molecule has 0 saturated heterocycles. The van der Waals surface area contributed by atoms with Gasteiger partial charge in [-0.05, 0) is 30.7 Å². The molecule has 3 N–H and O–H groups in total. The van der Waals surface area contributed by atoms with Crippen LogP contribution in [-0.4, -0.2) is 21.8 Å². The van der Waals surface area contributed by atoms with Crippen LogP contribution in [0.2, 0.25) is 0 Å². The van der Waals surface area contributed by atoms with Crippen molar-refractivity contribution in [3.8, 4) is 11.4 Å². The number of hydrogen-bond acceptors (Lipinski definition) is 5. The number of aliphatic hydroxyl groups is 1. The molecule has 0 radical (unpaired) electrons. The van der Waals surface area contributed by atoms with Gasteiger partial charge in [-0.15, -0.1) is 0 Å². The van der Waals surface area contributed by atoms with Gasteiger partial charge in [-0.1, -0.05) is 5.16 Å². The highest BCUT2D eigenvalue weighted by atomic mass is 19.1. The first-order valence-corrected chi connectivity index (χ1v) is 5.10. The van der Waals surface area contributed by atoms with Gasteiger partial charge < -0.3 is 15.4 Å². The van der Waals surface area contributed by atoms with Gasteiger partial charge in [0, 0.05) is 12.1 Å². The lowest BCUT2D eigenvalue weighted by molar-refractivity contribution is 0.141. The number of hydrogen-bond donors (Lipinski definition) is 2. The highest BCUT2D eigenvalue weighted by Crippen LogP contribution is 2.20. The van der Waals surface area contributed by atoms with E-state index < -0.39 is 6.10 Å². The standard InChI is InChI=1S/C11H12FN3O2/c1-6-4-7(2-3-8(6)12)10-14-11(17-15-10)9(16)5-13/h2-4,9,16H,5,13H2,1H3/t9-/m0/s1. The Morgan fingerprint density at radius 1 is 1.53 bits per heavy atom. The van der Waals surface area contributed by atoms with Gasteiger partial charge in [0.15, 0.2) is 0 Å². The maximum atomic E-state index is 13.1. The molecule has 0 spiro atoms. The van der Waals surface area contributed by atoms with Crippen molar-refractivity contribution in [2.75, 3.05) is 6.54 Å². The second-order valence-electron chi connectivity index (χ2n) is 3.67. The van der Waals surface area contributed by atoms with Gasteiger partial charge in [0.05, 0.1) is 0 Å². The monoisotopic (exact) mass is 237 g/mol. The highest BCUT2D eigenvalue weighted by molar-refractivity contribution is 5.55. The third-order valence-electron chi connectivity index (χ3n) is 2.37. The minimum Gasteiger partial charge on any atom is -0.382 e. The smallest absolute Gasteiger partial charge is 0.257 e. The third kappa shape index (κ3) is 2.32. The van der Waals surface area contributed by atoms with Crippen LogP contribution in [0.4, 0.5) is 4.39 Å². The molecule has 0 aliphatic rings. The summed E-state index contributed by atoms with van der Waals surface area (Å²) in [6.45, 7) is 1.65. The Balaban J connectivity index is 2.33. The van der Waals surface area contributed by atoms with Gasteiger partial charge in [0.2, 0.25) is 5.82 Å². The molecule has 5 nitrogen and oxygen atoms in total. The van der Waals surface area contributed by atoms with E-state index in [1.54, 1.807) is 19.1 Å². The fourth-order valence-corrected chi connectivity index (χ4v) is 1.37. The van der Waals surface area contributed by atoms with Crippen molar-refractivity contribution >= 4 is 0 Å². The molecular formula is C11H12FN3O2. The van der Waals surface area contributed by atoms with Crippen LogP contribution in [0, 0.1) is 12.7 Å². The number of halogens is 1. The Labute approximate surface area is 97.1 Å². The zero-order chi connectivity index (χ0) is 12.4. The van der Waals surface area contributed by atoms with Crippen LogP contribution in [0.15, 0.2) is 22.7 Å². The van der Waals surface area contributed by atoms with Crippen molar-refractivity contribution in [1.82, 2.24) is 10.1 Å². The first-order valence-electron chi connectivity index (χ1n) is 5.10. The largest absolute Gasteiger partial charge is 0.382 e. The molecule has 1 aromatic heterocycles. The fourth-order valence-electron chi connectivity index (χ4n) is 1.37. The van der Waals surface area contributed by atoms with Crippen molar-refractivity contribution in [1.29, 1.82) is 0 Å². The number of aromatic nitrogens is 2. The molecule has 2 rings (SSSR count). The molecule has 1 atom stereocenters. The van der Waals surface area contributed by atoms with Gasteiger partial charge in [-0.3, -0.25) is 0 Å². The molecule has 1 heterocycles. The van der Waals surface area contributed by atoms with E-state index in [4.69, 9.17) is 10.3 Å². The van der Waals surface area contributed by atoms with Crippen molar-refractivity contribution in [3.05, 3.63) is 35.5 Å². The summed E-state index contributed by atoms with van der Waals surface area (Å²) in [4.78, 5) is 3.99. The van der Waals surface area contributed by atoms with E-state index in [0.717, 1.165) is 0 Å². The summed E-state index contributed by atoms with van der Waals surface area (Å²) in [7, 11) is 0. The first-order chi connectivity index (χ1) is 8.11. The van der Waals surface area contributed by atoms with Gasteiger partial charge in [-0.25, -0.2) is 4.39 Å². The quantitative estimate of drug-likeness (QED) is 0.837. The number of rotatable bonds is 3. The van der Waals surface area contributed by atoms with E-state index in [9.17, 15) is 9.50 Å². The second kappa shape index (κ2) is 4.60. The Morgan fingerprint density at radius 2 is 2.29 bits per heavy atom. The Hall–Kier alpha value is -1.79. The lowest BCUT2D eigenvalue weighted by atomic mass is 10.1. The van der Waals surface area contributed by atoms with Crippen LogP contribution in [0.5, 0.6) is 0 Å². The van der Waals surface area contributed by atoms with Crippen LogP contribution in [0.3, 0.4) is 0 Å². The van der Waals surface area contributed by atoms with E-state index in [-0.39, 0.29) is 18.3 Å². The zero-order valence-corrected chi connectivity index (χ0v) is 9.22. The first kappa shape index (κ1) is 11.7. The van der Waals surface area contributed by atoms with Gasteiger partial charge in [-0.2, -0.15) is 4.98 Å². The molecule has 0 fully saturated rings. The molecule has 0 bridgehead atoms. The molecular weight excluding hydrogens is 225 g/mol. The summed E-state index contributed by atoms with van der Waals surface area (Å²) < 4.78 is 17.9. The molecule has 0 aliphatic carbocycles. The number of aryl methyl sites for hydroxylation is 1. The summed E-state index contributed by atoms with van der Waals surface area (Å²) >= 11 is 0. The Kier molecular flexibility index (Phi) is 3.16. The SMILES string of the molecule is Cc1cc(-c2noc([C@@H](O)CN)n2)ccc1F.